The van der Waals surface area contributed by atoms with Gasteiger partial charge in [0.05, 0.1) is 0 Å². The van der Waals surface area contributed by atoms with Crippen LogP contribution in [0.1, 0.15) is 54.3 Å². The number of piperazine rings is 1. The average Bonchev–Trinajstić information content (AvgIpc) is 2.85. The topological polar surface area (TPSA) is 32.8 Å². The van der Waals surface area contributed by atoms with Crippen molar-refractivity contribution >= 4 is 20.6 Å². The van der Waals surface area contributed by atoms with Crippen LogP contribution < -0.4 is 4.74 Å². The summed E-state index contributed by atoms with van der Waals surface area (Å²) in [6.07, 6.45) is -2.75. The van der Waals surface area contributed by atoms with Crippen LogP contribution in [0.15, 0.2) is 48.5 Å². The Balaban J connectivity index is 1.68. The molecule has 192 valence electrons. The molecular formula is C27H36AsF3N2O2. The third-order valence-corrected chi connectivity index (χ3v) is 9.06. The first kappa shape index (κ1) is 27.6. The third kappa shape index (κ3) is 7.75. The number of amides is 1. The number of carbonyl (C=O) groups is 1. The molecule has 2 atom stereocenters. The number of rotatable bonds is 9. The van der Waals surface area contributed by atoms with Gasteiger partial charge in [0, 0.05) is 6.04 Å². The first-order chi connectivity index (χ1) is 16.6. The van der Waals surface area contributed by atoms with Gasteiger partial charge in [0.25, 0.3) is 0 Å². The van der Waals surface area contributed by atoms with Crippen molar-refractivity contribution in [1.29, 1.82) is 0 Å². The van der Waals surface area contributed by atoms with Crippen LogP contribution in [0.2, 0.25) is 16.6 Å². The van der Waals surface area contributed by atoms with Crippen molar-refractivity contribution in [2.45, 2.75) is 61.6 Å². The summed E-state index contributed by atoms with van der Waals surface area (Å²) >= 11 is -0.909. The van der Waals surface area contributed by atoms with Crippen LogP contribution in [-0.4, -0.2) is 62.6 Å². The Bertz CT molecular complexity index is 940. The number of alkyl halides is 3. The van der Waals surface area contributed by atoms with E-state index in [0.717, 1.165) is 61.9 Å². The van der Waals surface area contributed by atoms with E-state index in [1.807, 2.05) is 29.2 Å². The van der Waals surface area contributed by atoms with E-state index in [4.69, 9.17) is 4.74 Å². The Labute approximate surface area is 211 Å². The van der Waals surface area contributed by atoms with E-state index in [1.54, 1.807) is 0 Å². The SMILES string of the molecule is CCC(C)N1CCN(C(=O)c2ccc(C(CC[As](C)C)Oc3ccc(C(F)(F)F)cc3)cc2)CC1. The number of nitrogens with zero attached hydrogens (tertiary/aromatic N) is 2. The molecule has 1 aliphatic heterocycles. The Morgan fingerprint density at radius 3 is 2.11 bits per heavy atom. The Morgan fingerprint density at radius 1 is 1.00 bits per heavy atom. The van der Waals surface area contributed by atoms with Crippen LogP contribution in [0, 0.1) is 0 Å². The second-order valence-corrected chi connectivity index (χ2v) is 14.9. The predicted molar refractivity (Wildman–Crippen MR) is 135 cm³/mol. The second kappa shape index (κ2) is 12.3. The van der Waals surface area contributed by atoms with Crippen molar-refractivity contribution in [2.24, 2.45) is 0 Å². The minimum atomic E-state index is -4.37. The van der Waals surface area contributed by atoms with Crippen molar-refractivity contribution in [3.63, 3.8) is 0 Å². The van der Waals surface area contributed by atoms with Crippen LogP contribution in [0.3, 0.4) is 0 Å². The number of hydrogen-bond donors (Lipinski definition) is 0. The molecule has 0 bridgehead atoms. The van der Waals surface area contributed by atoms with Crippen molar-refractivity contribution < 1.29 is 22.7 Å². The van der Waals surface area contributed by atoms with Gasteiger partial charge >= 0.3 is 186 Å². The minimum absolute atomic E-state index is 0.0375. The van der Waals surface area contributed by atoms with Gasteiger partial charge in [-0.15, -0.1) is 0 Å². The molecule has 8 heteroatoms. The Kier molecular flexibility index (Phi) is 9.71. The molecule has 0 spiro atoms. The molecule has 1 fully saturated rings. The monoisotopic (exact) mass is 552 g/mol. The summed E-state index contributed by atoms with van der Waals surface area (Å²) in [5, 5.41) is 1.06. The molecule has 1 amide bonds. The molecule has 2 aromatic carbocycles. The molecule has 0 N–H and O–H groups in total. The van der Waals surface area contributed by atoms with E-state index in [1.165, 1.54) is 12.1 Å². The van der Waals surface area contributed by atoms with E-state index < -0.39 is 26.4 Å². The van der Waals surface area contributed by atoms with Crippen LogP contribution in [0.4, 0.5) is 13.2 Å². The fourth-order valence-corrected chi connectivity index (χ4v) is 5.78. The van der Waals surface area contributed by atoms with Gasteiger partial charge in [-0.25, -0.2) is 0 Å². The summed E-state index contributed by atoms with van der Waals surface area (Å²) in [6, 6.07) is 12.9. The molecule has 2 unspecified atom stereocenters. The van der Waals surface area contributed by atoms with E-state index in [0.29, 0.717) is 17.4 Å². The van der Waals surface area contributed by atoms with Gasteiger partial charge in [-0.2, -0.15) is 0 Å². The van der Waals surface area contributed by atoms with E-state index in [9.17, 15) is 18.0 Å². The molecule has 1 saturated heterocycles. The summed E-state index contributed by atoms with van der Waals surface area (Å²) in [5.41, 5.74) is 5.43. The van der Waals surface area contributed by atoms with Crippen molar-refractivity contribution in [2.75, 3.05) is 26.2 Å². The van der Waals surface area contributed by atoms with Crippen LogP contribution in [-0.2, 0) is 6.18 Å². The van der Waals surface area contributed by atoms with Gasteiger partial charge in [0.2, 0.25) is 0 Å². The normalized spacial score (nSPS) is 16.9. The summed E-state index contributed by atoms with van der Waals surface area (Å²) in [4.78, 5) is 17.4. The van der Waals surface area contributed by atoms with E-state index in [2.05, 4.69) is 30.2 Å². The van der Waals surface area contributed by atoms with E-state index in [-0.39, 0.29) is 12.0 Å². The maximum atomic E-state index is 13.0. The van der Waals surface area contributed by atoms with Crippen molar-refractivity contribution in [1.82, 2.24) is 9.80 Å². The fraction of sp³-hybridized carbons (Fsp3) is 0.519. The number of halogens is 3. The number of hydrogen-bond acceptors (Lipinski definition) is 3. The van der Waals surface area contributed by atoms with Crippen LogP contribution >= 0.6 is 0 Å². The van der Waals surface area contributed by atoms with Gasteiger partial charge in [0.15, 0.2) is 0 Å². The second-order valence-electron chi connectivity index (χ2n) is 9.43. The number of ether oxygens (including phenoxy) is 1. The number of carbonyl (C=O) groups excluding carboxylic acids is 1. The molecule has 1 heterocycles. The molecule has 0 saturated carbocycles. The van der Waals surface area contributed by atoms with Crippen molar-refractivity contribution in [3.05, 3.63) is 65.2 Å². The molecule has 0 aromatic heterocycles. The summed E-state index contributed by atoms with van der Waals surface area (Å²) in [6.45, 7) is 7.64. The van der Waals surface area contributed by atoms with Gasteiger partial charge in [-0.1, -0.05) is 6.92 Å². The standard InChI is InChI=1S/C27H36AsF3N2O2/c1-5-20(2)32-16-18-33(19-17-32)26(34)22-8-6-21(7-9-22)25(14-15-28(3)4)35-24-12-10-23(11-13-24)27(29,30)31/h6-13,20,25H,5,14-19H2,1-4H3. The summed E-state index contributed by atoms with van der Waals surface area (Å²) in [7, 11) is 0. The molecule has 4 nitrogen and oxygen atoms in total. The summed E-state index contributed by atoms with van der Waals surface area (Å²) in [5.74, 6) is 0.448. The van der Waals surface area contributed by atoms with Crippen molar-refractivity contribution in [3.8, 4) is 5.75 Å². The zero-order chi connectivity index (χ0) is 25.6. The molecular weight excluding hydrogens is 516 g/mol. The predicted octanol–water partition coefficient (Wildman–Crippen LogP) is 6.53. The molecule has 1 aliphatic rings. The molecule has 3 rings (SSSR count). The molecule has 35 heavy (non-hydrogen) atoms. The zero-order valence-electron chi connectivity index (χ0n) is 21.0. The summed E-state index contributed by atoms with van der Waals surface area (Å²) < 4.78 is 44.8. The first-order valence-electron chi connectivity index (χ1n) is 12.2. The van der Waals surface area contributed by atoms with Crippen LogP contribution in [0.25, 0.3) is 0 Å². The zero-order valence-corrected chi connectivity index (χ0v) is 22.9. The fourth-order valence-electron chi connectivity index (χ4n) is 4.20. The van der Waals surface area contributed by atoms with Gasteiger partial charge in [0.1, 0.15) is 0 Å². The van der Waals surface area contributed by atoms with Gasteiger partial charge in [-0.05, 0) is 13.3 Å². The van der Waals surface area contributed by atoms with Gasteiger partial charge in [-0.3, -0.25) is 0 Å². The molecule has 0 radical (unpaired) electrons. The molecule has 2 aromatic rings. The maximum absolute atomic E-state index is 13.0. The average molecular weight is 553 g/mol. The van der Waals surface area contributed by atoms with Gasteiger partial charge < -0.3 is 0 Å². The first-order valence-corrected chi connectivity index (χ1v) is 17.3. The molecule has 0 aliphatic carbocycles. The Hall–Kier alpha value is -1.98. The van der Waals surface area contributed by atoms with Crippen LogP contribution in [0.5, 0.6) is 5.75 Å². The third-order valence-electron chi connectivity index (χ3n) is 6.64. The van der Waals surface area contributed by atoms with E-state index >= 15 is 0 Å². The Morgan fingerprint density at radius 2 is 1.60 bits per heavy atom. The quantitative estimate of drug-likeness (QED) is 0.332. The number of benzene rings is 2.